The zero-order chi connectivity index (χ0) is 20.5. The van der Waals surface area contributed by atoms with Crippen molar-refractivity contribution in [2.24, 2.45) is 0 Å². The molecular weight excluding hydrogens is 356 g/mol. The summed E-state index contributed by atoms with van der Waals surface area (Å²) in [6.45, 7) is 3.85. The molecule has 2 rings (SSSR count). The third-order valence-corrected chi connectivity index (χ3v) is 3.87. The van der Waals surface area contributed by atoms with Crippen molar-refractivity contribution in [2.75, 3.05) is 19.5 Å². The zero-order valence-corrected chi connectivity index (χ0v) is 16.6. The molecule has 0 saturated carbocycles. The van der Waals surface area contributed by atoms with Crippen molar-refractivity contribution in [1.29, 1.82) is 0 Å². The molecule has 148 valence electrons. The SMILES string of the molecule is COc1ccc(/C=C/C(=O)Nc2ccc(CC(=O)NC(C)C)cc2)cc1OC. The van der Waals surface area contributed by atoms with Crippen LogP contribution in [0.15, 0.2) is 48.5 Å². The summed E-state index contributed by atoms with van der Waals surface area (Å²) in [5.41, 5.74) is 2.37. The molecule has 0 saturated heterocycles. The summed E-state index contributed by atoms with van der Waals surface area (Å²) in [5, 5.41) is 5.64. The summed E-state index contributed by atoms with van der Waals surface area (Å²) < 4.78 is 10.4. The van der Waals surface area contributed by atoms with Crippen molar-refractivity contribution < 1.29 is 19.1 Å². The summed E-state index contributed by atoms with van der Waals surface area (Å²) in [7, 11) is 3.14. The second-order valence-corrected chi connectivity index (χ2v) is 6.53. The zero-order valence-electron chi connectivity index (χ0n) is 16.6. The van der Waals surface area contributed by atoms with E-state index in [1.807, 2.05) is 32.0 Å². The minimum atomic E-state index is -0.250. The molecular formula is C22H26N2O4. The second-order valence-electron chi connectivity index (χ2n) is 6.53. The van der Waals surface area contributed by atoms with Gasteiger partial charge in [0.25, 0.3) is 0 Å². The number of anilines is 1. The van der Waals surface area contributed by atoms with Gasteiger partial charge in [0.2, 0.25) is 11.8 Å². The molecule has 0 aliphatic carbocycles. The highest BCUT2D eigenvalue weighted by Gasteiger charge is 2.06. The molecule has 6 nitrogen and oxygen atoms in total. The van der Waals surface area contributed by atoms with Gasteiger partial charge in [0.1, 0.15) is 0 Å². The van der Waals surface area contributed by atoms with E-state index in [-0.39, 0.29) is 17.9 Å². The standard InChI is InChI=1S/C22H26N2O4/c1-15(2)23-22(26)14-17-5-9-18(10-6-17)24-21(25)12-8-16-7-11-19(27-3)20(13-16)28-4/h5-13,15H,14H2,1-4H3,(H,23,26)(H,24,25)/b12-8+. The van der Waals surface area contributed by atoms with Gasteiger partial charge in [0.15, 0.2) is 11.5 Å². The van der Waals surface area contributed by atoms with Crippen LogP contribution in [0, 0.1) is 0 Å². The summed E-state index contributed by atoms with van der Waals surface area (Å²) in [6.07, 6.45) is 3.46. The number of carbonyl (C=O) groups excluding carboxylic acids is 2. The van der Waals surface area contributed by atoms with Crippen LogP contribution in [0.5, 0.6) is 11.5 Å². The molecule has 0 atom stereocenters. The van der Waals surface area contributed by atoms with E-state index >= 15 is 0 Å². The van der Waals surface area contributed by atoms with Crippen LogP contribution >= 0.6 is 0 Å². The van der Waals surface area contributed by atoms with Gasteiger partial charge >= 0.3 is 0 Å². The molecule has 0 radical (unpaired) electrons. The number of carbonyl (C=O) groups is 2. The number of methoxy groups -OCH3 is 2. The van der Waals surface area contributed by atoms with Crippen LogP contribution in [0.2, 0.25) is 0 Å². The van der Waals surface area contributed by atoms with Crippen LogP contribution in [0.4, 0.5) is 5.69 Å². The fraction of sp³-hybridized carbons (Fsp3) is 0.273. The fourth-order valence-corrected chi connectivity index (χ4v) is 2.58. The van der Waals surface area contributed by atoms with E-state index in [1.165, 1.54) is 6.08 Å². The van der Waals surface area contributed by atoms with Crippen LogP contribution in [0.25, 0.3) is 6.08 Å². The predicted molar refractivity (Wildman–Crippen MR) is 111 cm³/mol. The Kier molecular flexibility index (Phi) is 7.63. The molecule has 2 amide bonds. The molecule has 2 N–H and O–H groups in total. The first-order valence-corrected chi connectivity index (χ1v) is 9.00. The lowest BCUT2D eigenvalue weighted by Crippen LogP contribution is -2.31. The third-order valence-electron chi connectivity index (χ3n) is 3.87. The normalized spacial score (nSPS) is 10.8. The molecule has 0 aromatic heterocycles. The largest absolute Gasteiger partial charge is 0.493 e. The van der Waals surface area contributed by atoms with Gasteiger partial charge in [-0.05, 0) is 55.3 Å². The molecule has 0 fully saturated rings. The van der Waals surface area contributed by atoms with Crippen LogP contribution in [0.3, 0.4) is 0 Å². The molecule has 0 aliphatic heterocycles. The molecule has 0 spiro atoms. The maximum absolute atomic E-state index is 12.1. The Balaban J connectivity index is 1.94. The number of rotatable bonds is 8. The number of amides is 2. The number of hydrogen-bond acceptors (Lipinski definition) is 4. The molecule has 0 aliphatic rings. The Morgan fingerprint density at radius 3 is 2.29 bits per heavy atom. The Morgan fingerprint density at radius 2 is 1.68 bits per heavy atom. The summed E-state index contributed by atoms with van der Waals surface area (Å²) in [4.78, 5) is 23.9. The van der Waals surface area contributed by atoms with Crippen molar-refractivity contribution >= 4 is 23.6 Å². The molecule has 0 bridgehead atoms. The van der Waals surface area contributed by atoms with E-state index in [0.29, 0.717) is 23.6 Å². The fourth-order valence-electron chi connectivity index (χ4n) is 2.58. The molecule has 28 heavy (non-hydrogen) atoms. The van der Waals surface area contributed by atoms with E-state index in [4.69, 9.17) is 9.47 Å². The maximum atomic E-state index is 12.1. The van der Waals surface area contributed by atoms with Gasteiger partial charge in [-0.15, -0.1) is 0 Å². The van der Waals surface area contributed by atoms with Gasteiger partial charge in [-0.2, -0.15) is 0 Å². The first kappa shape index (κ1) is 21.0. The lowest BCUT2D eigenvalue weighted by Gasteiger charge is -2.09. The number of benzene rings is 2. The van der Waals surface area contributed by atoms with Gasteiger partial charge in [-0.1, -0.05) is 18.2 Å². The van der Waals surface area contributed by atoms with Gasteiger partial charge in [0, 0.05) is 17.8 Å². The van der Waals surface area contributed by atoms with E-state index in [0.717, 1.165) is 11.1 Å². The topological polar surface area (TPSA) is 76.7 Å². The molecule has 2 aromatic carbocycles. The predicted octanol–water partition coefficient (Wildman–Crippen LogP) is 3.42. The van der Waals surface area contributed by atoms with Gasteiger partial charge in [-0.3, -0.25) is 9.59 Å². The quantitative estimate of drug-likeness (QED) is 0.686. The van der Waals surface area contributed by atoms with Crippen molar-refractivity contribution in [3.63, 3.8) is 0 Å². The van der Waals surface area contributed by atoms with Gasteiger partial charge < -0.3 is 20.1 Å². The van der Waals surface area contributed by atoms with Crippen LogP contribution in [-0.4, -0.2) is 32.1 Å². The minimum Gasteiger partial charge on any atom is -0.493 e. The Labute approximate surface area is 165 Å². The molecule has 6 heteroatoms. The van der Waals surface area contributed by atoms with Crippen molar-refractivity contribution in [2.45, 2.75) is 26.3 Å². The molecule has 0 heterocycles. The number of ether oxygens (including phenoxy) is 2. The van der Waals surface area contributed by atoms with Gasteiger partial charge in [-0.25, -0.2) is 0 Å². The van der Waals surface area contributed by atoms with Crippen LogP contribution < -0.4 is 20.1 Å². The number of hydrogen-bond donors (Lipinski definition) is 2. The van der Waals surface area contributed by atoms with Crippen molar-refractivity contribution in [1.82, 2.24) is 5.32 Å². The van der Waals surface area contributed by atoms with Crippen LogP contribution in [0.1, 0.15) is 25.0 Å². The summed E-state index contributed by atoms with van der Waals surface area (Å²) in [5.74, 6) is 0.957. The van der Waals surface area contributed by atoms with E-state index < -0.39 is 0 Å². The first-order chi connectivity index (χ1) is 13.4. The van der Waals surface area contributed by atoms with Crippen molar-refractivity contribution in [3.05, 3.63) is 59.7 Å². The second kappa shape index (κ2) is 10.2. The highest BCUT2D eigenvalue weighted by atomic mass is 16.5. The average molecular weight is 382 g/mol. The lowest BCUT2D eigenvalue weighted by molar-refractivity contribution is -0.121. The van der Waals surface area contributed by atoms with Gasteiger partial charge in [0.05, 0.1) is 20.6 Å². The Bertz CT molecular complexity index is 842. The van der Waals surface area contributed by atoms with E-state index in [2.05, 4.69) is 10.6 Å². The highest BCUT2D eigenvalue weighted by Crippen LogP contribution is 2.27. The minimum absolute atomic E-state index is 0.0235. The average Bonchev–Trinajstić information content (AvgIpc) is 2.67. The lowest BCUT2D eigenvalue weighted by atomic mass is 10.1. The van der Waals surface area contributed by atoms with E-state index in [9.17, 15) is 9.59 Å². The molecule has 2 aromatic rings. The third kappa shape index (κ3) is 6.46. The molecule has 0 unspecified atom stereocenters. The first-order valence-electron chi connectivity index (χ1n) is 9.00. The van der Waals surface area contributed by atoms with E-state index in [1.54, 1.807) is 44.6 Å². The summed E-state index contributed by atoms with van der Waals surface area (Å²) >= 11 is 0. The maximum Gasteiger partial charge on any atom is 0.248 e. The van der Waals surface area contributed by atoms with Crippen LogP contribution in [-0.2, 0) is 16.0 Å². The summed E-state index contributed by atoms with van der Waals surface area (Å²) in [6, 6.07) is 12.7. The monoisotopic (exact) mass is 382 g/mol. The van der Waals surface area contributed by atoms with Crippen molar-refractivity contribution in [3.8, 4) is 11.5 Å². The Hall–Kier alpha value is -3.28. The number of nitrogens with one attached hydrogen (secondary N) is 2. The Morgan fingerprint density at radius 1 is 1.00 bits per heavy atom. The smallest absolute Gasteiger partial charge is 0.248 e. The highest BCUT2D eigenvalue weighted by molar-refractivity contribution is 6.02.